The first-order valence-electron chi connectivity index (χ1n) is 7.32. The van der Waals surface area contributed by atoms with Crippen LogP contribution in [0.4, 0.5) is 0 Å². The molecule has 3 N–H and O–H groups in total. The van der Waals surface area contributed by atoms with Crippen molar-refractivity contribution in [2.75, 3.05) is 19.8 Å². The van der Waals surface area contributed by atoms with E-state index in [9.17, 15) is 10.2 Å². The van der Waals surface area contributed by atoms with Crippen LogP contribution in [0.5, 0.6) is 5.75 Å². The number of nitrogens with one attached hydrogen (secondary N) is 1. The van der Waals surface area contributed by atoms with Gasteiger partial charge in [0.25, 0.3) is 0 Å². The number of rotatable bonds is 10. The Morgan fingerprint density at radius 1 is 1.10 bits per heavy atom. The van der Waals surface area contributed by atoms with Gasteiger partial charge in [-0.25, -0.2) is 0 Å². The fourth-order valence-corrected chi connectivity index (χ4v) is 1.72. The van der Waals surface area contributed by atoms with Crippen LogP contribution in [0.15, 0.2) is 24.3 Å². The standard InChI is InChI=1S/C16H27NO3/c1-3-4-5-10-20-15-8-6-14(7-9-15)11-17-16(2,12-18)13-19/h6-9,17-19H,3-5,10-13H2,1-2H3. The average molecular weight is 281 g/mol. The Balaban J connectivity index is 2.38. The van der Waals surface area contributed by atoms with E-state index in [0.29, 0.717) is 6.54 Å². The Bertz CT molecular complexity index is 360. The second-order valence-corrected chi connectivity index (χ2v) is 5.43. The van der Waals surface area contributed by atoms with E-state index in [4.69, 9.17) is 4.74 Å². The van der Waals surface area contributed by atoms with Crippen molar-refractivity contribution in [1.29, 1.82) is 0 Å². The van der Waals surface area contributed by atoms with Crippen molar-refractivity contribution in [1.82, 2.24) is 5.32 Å². The van der Waals surface area contributed by atoms with Gasteiger partial charge in [0.1, 0.15) is 5.75 Å². The highest BCUT2D eigenvalue weighted by atomic mass is 16.5. The molecule has 0 aliphatic heterocycles. The normalized spacial score (nSPS) is 11.6. The average Bonchev–Trinajstić information content (AvgIpc) is 2.50. The third kappa shape index (κ3) is 5.90. The highest BCUT2D eigenvalue weighted by Gasteiger charge is 2.20. The maximum atomic E-state index is 9.21. The molecule has 0 saturated carbocycles. The van der Waals surface area contributed by atoms with Crippen molar-refractivity contribution >= 4 is 0 Å². The van der Waals surface area contributed by atoms with Crippen molar-refractivity contribution in [3.05, 3.63) is 29.8 Å². The summed E-state index contributed by atoms with van der Waals surface area (Å²) >= 11 is 0. The Hall–Kier alpha value is -1.10. The molecule has 1 aromatic rings. The highest BCUT2D eigenvalue weighted by molar-refractivity contribution is 5.27. The molecule has 4 nitrogen and oxygen atoms in total. The van der Waals surface area contributed by atoms with E-state index in [-0.39, 0.29) is 13.2 Å². The topological polar surface area (TPSA) is 61.7 Å². The van der Waals surface area contributed by atoms with Gasteiger partial charge in [-0.15, -0.1) is 0 Å². The zero-order valence-electron chi connectivity index (χ0n) is 12.6. The summed E-state index contributed by atoms with van der Waals surface area (Å²) in [5, 5.41) is 21.6. The van der Waals surface area contributed by atoms with E-state index in [2.05, 4.69) is 12.2 Å². The van der Waals surface area contributed by atoms with E-state index in [1.165, 1.54) is 12.8 Å². The van der Waals surface area contributed by atoms with Crippen LogP contribution < -0.4 is 10.1 Å². The van der Waals surface area contributed by atoms with Crippen molar-refractivity contribution in [3.63, 3.8) is 0 Å². The van der Waals surface area contributed by atoms with Crippen molar-refractivity contribution in [2.24, 2.45) is 0 Å². The number of aliphatic hydroxyl groups excluding tert-OH is 2. The number of hydrogen-bond donors (Lipinski definition) is 3. The SMILES string of the molecule is CCCCCOc1ccc(CNC(C)(CO)CO)cc1. The lowest BCUT2D eigenvalue weighted by molar-refractivity contribution is 0.103. The summed E-state index contributed by atoms with van der Waals surface area (Å²) in [4.78, 5) is 0. The zero-order chi connectivity index (χ0) is 14.8. The van der Waals surface area contributed by atoms with E-state index in [1.807, 2.05) is 24.3 Å². The Morgan fingerprint density at radius 2 is 1.75 bits per heavy atom. The number of ether oxygens (including phenoxy) is 1. The van der Waals surface area contributed by atoms with Gasteiger partial charge in [0.2, 0.25) is 0 Å². The minimum Gasteiger partial charge on any atom is -0.494 e. The van der Waals surface area contributed by atoms with Gasteiger partial charge >= 0.3 is 0 Å². The predicted octanol–water partition coefficient (Wildman–Crippen LogP) is 2.09. The first-order chi connectivity index (χ1) is 9.63. The van der Waals surface area contributed by atoms with Crippen molar-refractivity contribution in [3.8, 4) is 5.75 Å². The predicted molar refractivity (Wildman–Crippen MR) is 80.9 cm³/mol. The molecule has 0 bridgehead atoms. The lowest BCUT2D eigenvalue weighted by atomic mass is 10.0. The summed E-state index contributed by atoms with van der Waals surface area (Å²) in [6, 6.07) is 7.91. The van der Waals surface area contributed by atoms with Crippen LogP contribution in [0.3, 0.4) is 0 Å². The molecule has 0 unspecified atom stereocenters. The van der Waals surface area contributed by atoms with Crippen LogP contribution in [-0.2, 0) is 6.54 Å². The minimum atomic E-state index is -0.644. The molecule has 0 aliphatic carbocycles. The van der Waals surface area contributed by atoms with Crippen LogP contribution in [-0.4, -0.2) is 35.6 Å². The second-order valence-electron chi connectivity index (χ2n) is 5.43. The van der Waals surface area contributed by atoms with Gasteiger partial charge in [0, 0.05) is 6.54 Å². The van der Waals surface area contributed by atoms with Gasteiger partial charge in [0.05, 0.1) is 25.4 Å². The molecule has 0 fully saturated rings. The third-order valence-electron chi connectivity index (χ3n) is 3.36. The van der Waals surface area contributed by atoms with Gasteiger partial charge < -0.3 is 20.3 Å². The summed E-state index contributed by atoms with van der Waals surface area (Å²) in [6.07, 6.45) is 3.48. The molecule has 114 valence electrons. The first kappa shape index (κ1) is 17.0. The lowest BCUT2D eigenvalue weighted by Crippen LogP contribution is -2.48. The van der Waals surface area contributed by atoms with Crippen molar-refractivity contribution in [2.45, 2.75) is 45.2 Å². The Kier molecular flexibility index (Phi) is 7.59. The lowest BCUT2D eigenvalue weighted by Gasteiger charge is -2.26. The van der Waals surface area contributed by atoms with Crippen LogP contribution in [0.25, 0.3) is 0 Å². The fourth-order valence-electron chi connectivity index (χ4n) is 1.72. The molecule has 0 atom stereocenters. The molecule has 20 heavy (non-hydrogen) atoms. The van der Waals surface area contributed by atoms with E-state index < -0.39 is 5.54 Å². The van der Waals surface area contributed by atoms with Gasteiger partial charge in [-0.3, -0.25) is 0 Å². The molecule has 0 amide bonds. The van der Waals surface area contributed by atoms with Gasteiger partial charge in [-0.1, -0.05) is 31.9 Å². The van der Waals surface area contributed by atoms with E-state index in [1.54, 1.807) is 6.92 Å². The molecule has 0 heterocycles. The van der Waals surface area contributed by atoms with Gasteiger partial charge in [-0.05, 0) is 31.0 Å². The van der Waals surface area contributed by atoms with Crippen molar-refractivity contribution < 1.29 is 14.9 Å². The summed E-state index contributed by atoms with van der Waals surface area (Å²) in [5.41, 5.74) is 0.453. The quantitative estimate of drug-likeness (QED) is 0.575. The summed E-state index contributed by atoms with van der Waals surface area (Å²) < 4.78 is 5.65. The monoisotopic (exact) mass is 281 g/mol. The zero-order valence-corrected chi connectivity index (χ0v) is 12.6. The fraction of sp³-hybridized carbons (Fsp3) is 0.625. The van der Waals surface area contributed by atoms with Crippen LogP contribution in [0, 0.1) is 0 Å². The molecular weight excluding hydrogens is 254 g/mol. The third-order valence-corrected chi connectivity index (χ3v) is 3.36. The molecular formula is C16H27NO3. The maximum Gasteiger partial charge on any atom is 0.119 e. The smallest absolute Gasteiger partial charge is 0.119 e. The number of hydrogen-bond acceptors (Lipinski definition) is 4. The molecule has 0 radical (unpaired) electrons. The van der Waals surface area contributed by atoms with E-state index in [0.717, 1.165) is 24.3 Å². The van der Waals surface area contributed by atoms with Crippen LogP contribution in [0.1, 0.15) is 38.7 Å². The first-order valence-corrected chi connectivity index (χ1v) is 7.32. The molecule has 1 aromatic carbocycles. The second kappa shape index (κ2) is 8.95. The molecule has 1 rings (SSSR count). The Morgan fingerprint density at radius 3 is 2.30 bits per heavy atom. The molecule has 0 spiro atoms. The van der Waals surface area contributed by atoms with Gasteiger partial charge in [-0.2, -0.15) is 0 Å². The van der Waals surface area contributed by atoms with Crippen LogP contribution >= 0.6 is 0 Å². The molecule has 0 aromatic heterocycles. The van der Waals surface area contributed by atoms with Crippen LogP contribution in [0.2, 0.25) is 0 Å². The summed E-state index contributed by atoms with van der Waals surface area (Å²) in [5.74, 6) is 0.886. The molecule has 0 aliphatic rings. The van der Waals surface area contributed by atoms with E-state index >= 15 is 0 Å². The number of unbranched alkanes of at least 4 members (excludes halogenated alkanes) is 2. The maximum absolute atomic E-state index is 9.21. The highest BCUT2D eigenvalue weighted by Crippen LogP contribution is 2.13. The Labute approximate surface area is 121 Å². The molecule has 4 heteroatoms. The summed E-state index contributed by atoms with van der Waals surface area (Å²) in [6.45, 7) is 5.14. The van der Waals surface area contributed by atoms with Gasteiger partial charge in [0.15, 0.2) is 0 Å². The number of aliphatic hydroxyl groups is 2. The minimum absolute atomic E-state index is 0.0951. The largest absolute Gasteiger partial charge is 0.494 e. The number of benzene rings is 1. The molecule has 0 saturated heterocycles. The summed E-state index contributed by atoms with van der Waals surface area (Å²) in [7, 11) is 0.